The molecule has 1 rings (SSSR count). The molecule has 146 valence electrons. The Balaban J connectivity index is 2.66. The summed E-state index contributed by atoms with van der Waals surface area (Å²) in [5.41, 5.74) is 1.63. The minimum atomic E-state index is -0.561. The van der Waals surface area contributed by atoms with Crippen LogP contribution in [0.3, 0.4) is 0 Å². The van der Waals surface area contributed by atoms with Gasteiger partial charge in [0.25, 0.3) is 0 Å². The van der Waals surface area contributed by atoms with Crippen LogP contribution < -0.4 is 4.74 Å². The highest BCUT2D eigenvalue weighted by Crippen LogP contribution is 2.28. The Labute approximate surface area is 157 Å². The van der Waals surface area contributed by atoms with Crippen LogP contribution in [0.25, 0.3) is 0 Å². The van der Waals surface area contributed by atoms with Gasteiger partial charge in [-0.05, 0) is 57.9 Å². The van der Waals surface area contributed by atoms with Crippen LogP contribution in [0, 0.1) is 12.8 Å². The van der Waals surface area contributed by atoms with Gasteiger partial charge in [-0.1, -0.05) is 19.9 Å². The van der Waals surface area contributed by atoms with E-state index >= 15 is 0 Å². The Morgan fingerprint density at radius 2 is 1.73 bits per heavy atom. The number of aryl methyl sites for hydroxylation is 1. The van der Waals surface area contributed by atoms with Crippen LogP contribution in [0.1, 0.15) is 65.0 Å². The second-order valence-corrected chi connectivity index (χ2v) is 7.84. The standard InChI is InChI=1S/C21H32O5/c1-13-11-17(24-8)9-10-18(13)15(3)16(4)25-20(23)14(2)12-19(22)26-21(5,6)7/h9-11,14-16H,12H2,1-8H3/t14-,15+,16-/m0/s1. The molecule has 0 aliphatic rings. The van der Waals surface area contributed by atoms with Gasteiger partial charge in [0.05, 0.1) is 19.4 Å². The Hall–Kier alpha value is -2.04. The van der Waals surface area contributed by atoms with Crippen LogP contribution >= 0.6 is 0 Å². The van der Waals surface area contributed by atoms with Gasteiger partial charge in [-0.3, -0.25) is 9.59 Å². The molecule has 0 aliphatic carbocycles. The molecule has 5 heteroatoms. The van der Waals surface area contributed by atoms with Gasteiger partial charge in [-0.25, -0.2) is 0 Å². The normalized spacial score (nSPS) is 14.9. The molecule has 0 bridgehead atoms. The lowest BCUT2D eigenvalue weighted by molar-refractivity contribution is -0.163. The van der Waals surface area contributed by atoms with Crippen molar-refractivity contribution >= 4 is 11.9 Å². The highest BCUT2D eigenvalue weighted by Gasteiger charge is 2.26. The minimum absolute atomic E-state index is 0.0127. The average molecular weight is 364 g/mol. The van der Waals surface area contributed by atoms with Crippen LogP contribution in [-0.4, -0.2) is 30.8 Å². The maximum Gasteiger partial charge on any atom is 0.309 e. The second-order valence-electron chi connectivity index (χ2n) is 7.84. The topological polar surface area (TPSA) is 61.8 Å². The van der Waals surface area contributed by atoms with Gasteiger partial charge in [-0.15, -0.1) is 0 Å². The van der Waals surface area contributed by atoms with E-state index in [9.17, 15) is 9.59 Å². The van der Waals surface area contributed by atoms with Crippen LogP contribution in [0.4, 0.5) is 0 Å². The number of rotatable bonds is 7. The summed E-state index contributed by atoms with van der Waals surface area (Å²) < 4.78 is 16.1. The van der Waals surface area contributed by atoms with Crippen LogP contribution in [-0.2, 0) is 19.1 Å². The zero-order valence-electron chi connectivity index (χ0n) is 17.2. The number of benzene rings is 1. The molecule has 0 radical (unpaired) electrons. The molecule has 0 saturated carbocycles. The number of hydrogen-bond donors (Lipinski definition) is 0. The van der Waals surface area contributed by atoms with E-state index in [1.807, 2.05) is 39.0 Å². The third-order valence-corrected chi connectivity index (χ3v) is 4.27. The van der Waals surface area contributed by atoms with Crippen LogP contribution in [0.2, 0.25) is 0 Å². The van der Waals surface area contributed by atoms with Crippen LogP contribution in [0.15, 0.2) is 18.2 Å². The third-order valence-electron chi connectivity index (χ3n) is 4.27. The highest BCUT2D eigenvalue weighted by molar-refractivity contribution is 5.80. The molecule has 26 heavy (non-hydrogen) atoms. The lowest BCUT2D eigenvalue weighted by Crippen LogP contribution is -2.29. The van der Waals surface area contributed by atoms with Crippen molar-refractivity contribution < 1.29 is 23.8 Å². The van der Waals surface area contributed by atoms with E-state index in [2.05, 4.69) is 0 Å². The summed E-state index contributed by atoms with van der Waals surface area (Å²) in [6.07, 6.45) is -0.297. The smallest absolute Gasteiger partial charge is 0.309 e. The number of carbonyl (C=O) groups excluding carboxylic acids is 2. The fraction of sp³-hybridized carbons (Fsp3) is 0.619. The van der Waals surface area contributed by atoms with E-state index in [4.69, 9.17) is 14.2 Å². The number of carbonyl (C=O) groups is 2. The van der Waals surface area contributed by atoms with Crippen molar-refractivity contribution in [1.29, 1.82) is 0 Å². The number of ether oxygens (including phenoxy) is 3. The molecule has 0 unspecified atom stereocenters. The Morgan fingerprint density at radius 3 is 2.23 bits per heavy atom. The molecule has 0 heterocycles. The van der Waals surface area contributed by atoms with E-state index in [-0.39, 0.29) is 24.4 Å². The molecule has 0 aliphatic heterocycles. The summed E-state index contributed by atoms with van der Waals surface area (Å²) in [5.74, 6) is -0.501. The van der Waals surface area contributed by atoms with Gasteiger partial charge < -0.3 is 14.2 Å². The maximum absolute atomic E-state index is 12.3. The molecule has 1 aromatic carbocycles. The fourth-order valence-electron chi connectivity index (χ4n) is 2.66. The monoisotopic (exact) mass is 364 g/mol. The maximum atomic E-state index is 12.3. The lowest BCUT2D eigenvalue weighted by atomic mass is 9.92. The zero-order chi connectivity index (χ0) is 20.1. The van der Waals surface area contributed by atoms with Gasteiger partial charge in [0.1, 0.15) is 17.5 Å². The van der Waals surface area contributed by atoms with Gasteiger partial charge in [0.2, 0.25) is 0 Å². The van der Waals surface area contributed by atoms with E-state index in [1.165, 1.54) is 0 Å². The van der Waals surface area contributed by atoms with Gasteiger partial charge >= 0.3 is 11.9 Å². The van der Waals surface area contributed by atoms with Gasteiger partial charge in [0.15, 0.2) is 0 Å². The first kappa shape index (κ1) is 22.0. The fourth-order valence-corrected chi connectivity index (χ4v) is 2.66. The second kappa shape index (κ2) is 9.06. The molecule has 5 nitrogen and oxygen atoms in total. The molecule has 0 fully saturated rings. The van der Waals surface area contributed by atoms with Crippen LogP contribution in [0.5, 0.6) is 5.75 Å². The van der Waals surface area contributed by atoms with E-state index < -0.39 is 17.5 Å². The van der Waals surface area contributed by atoms with Gasteiger partial charge in [0, 0.05) is 5.92 Å². The Bertz CT molecular complexity index is 630. The van der Waals surface area contributed by atoms with E-state index in [0.717, 1.165) is 16.9 Å². The third kappa shape index (κ3) is 6.70. The molecular weight excluding hydrogens is 332 g/mol. The summed E-state index contributed by atoms with van der Waals surface area (Å²) in [6.45, 7) is 13.0. The summed E-state index contributed by atoms with van der Waals surface area (Å²) in [7, 11) is 1.63. The SMILES string of the molecule is COc1ccc([C@H](C)[C@H](C)OC(=O)[C@@H](C)CC(=O)OC(C)(C)C)c(C)c1. The van der Waals surface area contributed by atoms with Crippen molar-refractivity contribution in [2.24, 2.45) is 5.92 Å². The molecule has 0 amide bonds. The summed E-state index contributed by atoms with van der Waals surface area (Å²) in [5, 5.41) is 0. The molecule has 3 atom stereocenters. The van der Waals surface area contributed by atoms with Gasteiger partial charge in [-0.2, -0.15) is 0 Å². The summed E-state index contributed by atoms with van der Waals surface area (Å²) in [6, 6.07) is 5.86. The summed E-state index contributed by atoms with van der Waals surface area (Å²) in [4.78, 5) is 24.2. The first-order valence-electron chi connectivity index (χ1n) is 9.01. The number of esters is 2. The predicted octanol–water partition coefficient (Wildman–Crippen LogP) is 4.41. The van der Waals surface area contributed by atoms with E-state index in [0.29, 0.717) is 0 Å². The number of hydrogen-bond acceptors (Lipinski definition) is 5. The average Bonchev–Trinajstić information content (AvgIpc) is 2.51. The van der Waals surface area contributed by atoms with Crippen molar-refractivity contribution in [1.82, 2.24) is 0 Å². The molecular formula is C21H32O5. The van der Waals surface area contributed by atoms with Crippen molar-refractivity contribution in [3.8, 4) is 5.75 Å². The largest absolute Gasteiger partial charge is 0.497 e. The Kier molecular flexibility index (Phi) is 7.67. The Morgan fingerprint density at radius 1 is 1.12 bits per heavy atom. The minimum Gasteiger partial charge on any atom is -0.497 e. The molecule has 0 saturated heterocycles. The van der Waals surface area contributed by atoms with E-state index in [1.54, 1.807) is 34.8 Å². The number of methoxy groups -OCH3 is 1. The van der Waals surface area contributed by atoms with Crippen molar-refractivity contribution in [2.75, 3.05) is 7.11 Å². The molecule has 0 N–H and O–H groups in total. The van der Waals surface area contributed by atoms with Crippen molar-refractivity contribution in [2.45, 2.75) is 72.5 Å². The zero-order valence-corrected chi connectivity index (χ0v) is 17.2. The molecule has 0 spiro atoms. The predicted molar refractivity (Wildman–Crippen MR) is 101 cm³/mol. The first-order valence-corrected chi connectivity index (χ1v) is 9.01. The molecule has 1 aromatic rings. The van der Waals surface area contributed by atoms with Crippen molar-refractivity contribution in [3.05, 3.63) is 29.3 Å². The lowest BCUT2D eigenvalue weighted by Gasteiger charge is -2.24. The first-order chi connectivity index (χ1) is 11.9. The van der Waals surface area contributed by atoms with Crippen molar-refractivity contribution in [3.63, 3.8) is 0 Å². The molecule has 0 aromatic heterocycles. The highest BCUT2D eigenvalue weighted by atomic mass is 16.6. The summed E-state index contributed by atoms with van der Waals surface area (Å²) >= 11 is 0. The quantitative estimate of drug-likeness (QED) is 0.671.